The third-order valence-corrected chi connectivity index (χ3v) is 5.42. The second kappa shape index (κ2) is 6.87. The van der Waals surface area contributed by atoms with Gasteiger partial charge in [0.25, 0.3) is 0 Å². The molecule has 132 valence electrons. The van der Waals surface area contributed by atoms with Crippen LogP contribution in [0.4, 0.5) is 10.2 Å². The van der Waals surface area contributed by atoms with Crippen molar-refractivity contribution in [3.8, 4) is 0 Å². The molecule has 0 spiro atoms. The number of fused-ring (bicyclic) bond motifs is 1. The van der Waals surface area contributed by atoms with Gasteiger partial charge in [-0.15, -0.1) is 0 Å². The monoisotopic (exact) mass is 348 g/mol. The Bertz CT molecular complexity index is 942. The van der Waals surface area contributed by atoms with Crippen LogP contribution < -0.4 is 5.32 Å². The highest BCUT2D eigenvalue weighted by Gasteiger charge is 2.41. The highest BCUT2D eigenvalue weighted by Crippen LogP contribution is 2.41. The first-order valence-electron chi connectivity index (χ1n) is 9.10. The molecule has 1 amide bonds. The van der Waals surface area contributed by atoms with Crippen molar-refractivity contribution in [2.75, 3.05) is 5.32 Å². The van der Waals surface area contributed by atoms with Gasteiger partial charge in [0.2, 0.25) is 5.91 Å². The van der Waals surface area contributed by atoms with E-state index in [0.717, 1.165) is 48.4 Å². The van der Waals surface area contributed by atoms with E-state index in [2.05, 4.69) is 10.3 Å². The van der Waals surface area contributed by atoms with Gasteiger partial charge in [-0.25, -0.2) is 9.37 Å². The summed E-state index contributed by atoms with van der Waals surface area (Å²) in [6.07, 6.45) is 6.20. The van der Waals surface area contributed by atoms with Gasteiger partial charge in [-0.3, -0.25) is 4.79 Å². The average Bonchev–Trinajstić information content (AvgIpc) is 2.69. The molecule has 3 aromatic rings. The van der Waals surface area contributed by atoms with Crippen molar-refractivity contribution < 1.29 is 9.18 Å². The van der Waals surface area contributed by atoms with Crippen LogP contribution in [0.3, 0.4) is 0 Å². The number of benzene rings is 2. The lowest BCUT2D eigenvalue weighted by Crippen LogP contribution is -2.42. The van der Waals surface area contributed by atoms with E-state index < -0.39 is 5.41 Å². The fourth-order valence-corrected chi connectivity index (χ4v) is 4.03. The molecule has 1 aliphatic rings. The molecule has 1 aromatic heterocycles. The van der Waals surface area contributed by atoms with Crippen molar-refractivity contribution in [3.05, 3.63) is 72.2 Å². The first-order valence-corrected chi connectivity index (χ1v) is 9.10. The van der Waals surface area contributed by atoms with Crippen LogP contribution in [0.1, 0.15) is 37.7 Å². The van der Waals surface area contributed by atoms with E-state index in [-0.39, 0.29) is 11.7 Å². The normalized spacial score (nSPS) is 16.3. The maximum absolute atomic E-state index is 13.8. The molecule has 4 rings (SSSR count). The third kappa shape index (κ3) is 2.96. The summed E-state index contributed by atoms with van der Waals surface area (Å²) in [7, 11) is 0. The molecule has 0 radical (unpaired) electrons. The van der Waals surface area contributed by atoms with Crippen molar-refractivity contribution >= 4 is 22.5 Å². The summed E-state index contributed by atoms with van der Waals surface area (Å²) in [5.74, 6) is 0.171. The third-order valence-electron chi connectivity index (χ3n) is 5.42. The Balaban J connectivity index is 1.73. The molecule has 4 heteroatoms. The molecule has 0 atom stereocenters. The summed E-state index contributed by atoms with van der Waals surface area (Å²) in [5.41, 5.74) is 0.0637. The minimum absolute atomic E-state index is 0.0911. The number of hydrogen-bond acceptors (Lipinski definition) is 2. The Morgan fingerprint density at radius 1 is 1.00 bits per heavy atom. The van der Waals surface area contributed by atoms with Crippen LogP contribution in [0, 0.1) is 5.82 Å². The Morgan fingerprint density at radius 3 is 2.62 bits per heavy atom. The lowest BCUT2D eigenvalue weighted by atomic mass is 9.68. The lowest BCUT2D eigenvalue weighted by Gasteiger charge is -2.36. The molecule has 1 aliphatic carbocycles. The van der Waals surface area contributed by atoms with Crippen LogP contribution in [0.2, 0.25) is 0 Å². The van der Waals surface area contributed by atoms with Gasteiger partial charge in [0.15, 0.2) is 0 Å². The van der Waals surface area contributed by atoms with Gasteiger partial charge < -0.3 is 5.32 Å². The van der Waals surface area contributed by atoms with Crippen LogP contribution in [0.25, 0.3) is 10.8 Å². The number of pyridine rings is 1. The first-order chi connectivity index (χ1) is 12.7. The molecule has 0 unspecified atom stereocenters. The lowest BCUT2D eigenvalue weighted by molar-refractivity contribution is -0.122. The van der Waals surface area contributed by atoms with E-state index >= 15 is 0 Å². The van der Waals surface area contributed by atoms with Crippen LogP contribution in [-0.2, 0) is 10.2 Å². The second-order valence-electron chi connectivity index (χ2n) is 6.99. The number of rotatable bonds is 3. The number of aromatic nitrogens is 1. The van der Waals surface area contributed by atoms with Crippen molar-refractivity contribution in [2.45, 2.75) is 37.5 Å². The van der Waals surface area contributed by atoms with E-state index in [9.17, 15) is 9.18 Å². The molecule has 1 saturated carbocycles. The number of halogens is 1. The largest absolute Gasteiger partial charge is 0.309 e. The fourth-order valence-electron chi connectivity index (χ4n) is 4.03. The van der Waals surface area contributed by atoms with Crippen LogP contribution in [0.15, 0.2) is 60.8 Å². The van der Waals surface area contributed by atoms with Crippen LogP contribution in [0.5, 0.6) is 0 Å². The van der Waals surface area contributed by atoms with E-state index in [0.29, 0.717) is 5.82 Å². The minimum Gasteiger partial charge on any atom is -0.309 e. The number of anilines is 1. The summed E-state index contributed by atoms with van der Waals surface area (Å²) in [4.78, 5) is 17.7. The smallest absolute Gasteiger partial charge is 0.236 e. The molecular formula is C22H21FN2O. The van der Waals surface area contributed by atoms with Gasteiger partial charge in [0, 0.05) is 11.6 Å². The first kappa shape index (κ1) is 16.7. The standard InChI is InChI=1S/C22H21FN2O/c23-18-9-6-8-17(15-18)22(12-4-1-5-13-22)21(26)25-20-19-10-3-2-7-16(19)11-14-24-20/h2-3,6-11,14-15H,1,4-5,12-13H2,(H,24,25,26). The van der Waals surface area contributed by atoms with Gasteiger partial charge in [-0.1, -0.05) is 55.7 Å². The highest BCUT2D eigenvalue weighted by molar-refractivity contribution is 6.04. The van der Waals surface area contributed by atoms with E-state index in [4.69, 9.17) is 0 Å². The van der Waals surface area contributed by atoms with Crippen LogP contribution in [-0.4, -0.2) is 10.9 Å². The van der Waals surface area contributed by atoms with Crippen molar-refractivity contribution in [3.63, 3.8) is 0 Å². The molecule has 0 saturated heterocycles. The molecule has 26 heavy (non-hydrogen) atoms. The van der Waals surface area contributed by atoms with Crippen LogP contribution >= 0.6 is 0 Å². The van der Waals surface area contributed by atoms with Gasteiger partial charge >= 0.3 is 0 Å². The van der Waals surface area contributed by atoms with Gasteiger partial charge in [0.1, 0.15) is 11.6 Å². The number of hydrogen-bond donors (Lipinski definition) is 1. The zero-order valence-electron chi connectivity index (χ0n) is 14.5. The number of nitrogens with zero attached hydrogens (tertiary/aromatic N) is 1. The van der Waals surface area contributed by atoms with E-state index in [1.807, 2.05) is 36.4 Å². The number of carbonyl (C=O) groups excluding carboxylic acids is 1. The minimum atomic E-state index is -0.695. The van der Waals surface area contributed by atoms with Gasteiger partial charge in [-0.2, -0.15) is 0 Å². The van der Waals surface area contributed by atoms with E-state index in [1.165, 1.54) is 12.1 Å². The predicted molar refractivity (Wildman–Crippen MR) is 102 cm³/mol. The Labute approximate surface area is 152 Å². The molecule has 0 bridgehead atoms. The summed E-state index contributed by atoms with van der Waals surface area (Å²) in [6, 6.07) is 16.2. The maximum atomic E-state index is 13.8. The number of carbonyl (C=O) groups is 1. The van der Waals surface area contributed by atoms with Crippen molar-refractivity contribution in [1.82, 2.24) is 4.98 Å². The Hall–Kier alpha value is -2.75. The predicted octanol–water partition coefficient (Wildman–Crippen LogP) is 5.21. The quantitative estimate of drug-likeness (QED) is 0.705. The molecule has 0 aliphatic heterocycles. The molecule has 2 aromatic carbocycles. The summed E-state index contributed by atoms with van der Waals surface area (Å²) in [5, 5.41) is 4.98. The van der Waals surface area contributed by atoms with Crippen molar-refractivity contribution in [2.24, 2.45) is 0 Å². The average molecular weight is 348 g/mol. The number of amides is 1. The molecule has 1 N–H and O–H groups in total. The van der Waals surface area contributed by atoms with Gasteiger partial charge in [-0.05, 0) is 42.0 Å². The Kier molecular flexibility index (Phi) is 4.41. The fraction of sp³-hybridized carbons (Fsp3) is 0.273. The zero-order chi connectivity index (χ0) is 18.0. The second-order valence-corrected chi connectivity index (χ2v) is 6.99. The zero-order valence-corrected chi connectivity index (χ0v) is 14.5. The number of nitrogens with one attached hydrogen (secondary N) is 1. The van der Waals surface area contributed by atoms with Crippen molar-refractivity contribution in [1.29, 1.82) is 0 Å². The highest BCUT2D eigenvalue weighted by atomic mass is 19.1. The van der Waals surface area contributed by atoms with Gasteiger partial charge in [0.05, 0.1) is 5.41 Å². The summed E-state index contributed by atoms with van der Waals surface area (Å²) < 4.78 is 13.8. The topological polar surface area (TPSA) is 42.0 Å². The Morgan fingerprint density at radius 2 is 1.81 bits per heavy atom. The molecule has 1 heterocycles. The molecule has 3 nitrogen and oxygen atoms in total. The summed E-state index contributed by atoms with van der Waals surface area (Å²) >= 11 is 0. The molecular weight excluding hydrogens is 327 g/mol. The maximum Gasteiger partial charge on any atom is 0.236 e. The summed E-state index contributed by atoms with van der Waals surface area (Å²) in [6.45, 7) is 0. The molecule has 1 fully saturated rings. The SMILES string of the molecule is O=C(Nc1nccc2ccccc12)C1(c2cccc(F)c2)CCCCC1. The van der Waals surface area contributed by atoms with E-state index in [1.54, 1.807) is 12.3 Å².